The van der Waals surface area contributed by atoms with E-state index < -0.39 is 5.41 Å². The molecule has 0 unspecified atom stereocenters. The molecule has 0 saturated carbocycles. The molecule has 7 nitrogen and oxygen atoms in total. The van der Waals surface area contributed by atoms with Gasteiger partial charge in [-0.25, -0.2) is 0 Å². The Hall–Kier alpha value is -2.70. The Balaban J connectivity index is 1.49. The molecule has 0 bridgehead atoms. The van der Waals surface area contributed by atoms with Gasteiger partial charge in [-0.1, -0.05) is 0 Å². The highest BCUT2D eigenvalue weighted by Gasteiger charge is 2.49. The Morgan fingerprint density at radius 3 is 2.69 bits per heavy atom. The fourth-order valence-electron chi connectivity index (χ4n) is 4.18. The topological polar surface area (TPSA) is 71.3 Å². The molecule has 2 aliphatic heterocycles. The Morgan fingerprint density at radius 2 is 1.96 bits per heavy atom. The number of aromatic nitrogens is 3. The molecule has 2 aliphatic rings. The molecule has 2 saturated heterocycles. The quantitative estimate of drug-likeness (QED) is 0.838. The van der Waals surface area contributed by atoms with Gasteiger partial charge in [0.2, 0.25) is 5.91 Å². The number of hydrogen-bond acceptors (Lipinski definition) is 4. The zero-order valence-corrected chi connectivity index (χ0v) is 15.0. The maximum Gasteiger partial charge on any atom is 0.272 e. The SMILES string of the molecule is Cn1nccc1C(=O)N1CCC[C@]2(CCN(Cc3ccncc3)C2=O)C1. The minimum absolute atomic E-state index is 0.0375. The molecule has 1 atom stereocenters. The molecular weight excluding hydrogens is 330 g/mol. The summed E-state index contributed by atoms with van der Waals surface area (Å²) in [6.07, 6.45) is 7.66. The number of pyridine rings is 1. The van der Waals surface area contributed by atoms with Crippen molar-refractivity contribution in [2.45, 2.75) is 25.8 Å². The highest BCUT2D eigenvalue weighted by atomic mass is 16.2. The molecule has 0 aromatic carbocycles. The second-order valence-electron chi connectivity index (χ2n) is 7.28. The van der Waals surface area contributed by atoms with E-state index in [0.717, 1.165) is 31.4 Å². The van der Waals surface area contributed by atoms with E-state index in [4.69, 9.17) is 0 Å². The molecule has 0 N–H and O–H groups in total. The van der Waals surface area contributed by atoms with E-state index in [9.17, 15) is 9.59 Å². The highest BCUT2D eigenvalue weighted by Crippen LogP contribution is 2.41. The van der Waals surface area contributed by atoms with Crippen LogP contribution < -0.4 is 0 Å². The molecule has 1 spiro atoms. The fourth-order valence-corrected chi connectivity index (χ4v) is 4.18. The average Bonchev–Trinajstić information content (AvgIpc) is 3.21. The van der Waals surface area contributed by atoms with Gasteiger partial charge in [0.25, 0.3) is 5.91 Å². The van der Waals surface area contributed by atoms with Crippen molar-refractivity contribution in [1.29, 1.82) is 0 Å². The first-order valence-corrected chi connectivity index (χ1v) is 9.05. The van der Waals surface area contributed by atoms with E-state index in [1.165, 1.54) is 0 Å². The number of hydrogen-bond donors (Lipinski definition) is 0. The van der Waals surface area contributed by atoms with Crippen LogP contribution in [-0.2, 0) is 18.4 Å². The van der Waals surface area contributed by atoms with Gasteiger partial charge in [0.15, 0.2) is 0 Å². The van der Waals surface area contributed by atoms with E-state index in [1.54, 1.807) is 36.4 Å². The monoisotopic (exact) mass is 353 g/mol. The van der Waals surface area contributed by atoms with Crippen LogP contribution in [0.15, 0.2) is 36.8 Å². The second kappa shape index (κ2) is 6.55. The average molecular weight is 353 g/mol. The van der Waals surface area contributed by atoms with Crippen molar-refractivity contribution in [3.8, 4) is 0 Å². The smallest absolute Gasteiger partial charge is 0.272 e. The van der Waals surface area contributed by atoms with Crippen LogP contribution >= 0.6 is 0 Å². The molecule has 2 aromatic rings. The number of nitrogens with zero attached hydrogens (tertiary/aromatic N) is 5. The van der Waals surface area contributed by atoms with Crippen LogP contribution in [0.2, 0.25) is 0 Å². The Labute approximate surface area is 152 Å². The lowest BCUT2D eigenvalue weighted by atomic mass is 9.78. The zero-order valence-electron chi connectivity index (χ0n) is 15.0. The van der Waals surface area contributed by atoms with E-state index in [1.807, 2.05) is 21.9 Å². The number of carbonyl (C=O) groups is 2. The largest absolute Gasteiger partial charge is 0.338 e. The van der Waals surface area contributed by atoms with Gasteiger partial charge in [-0.3, -0.25) is 19.3 Å². The van der Waals surface area contributed by atoms with Gasteiger partial charge in [0, 0.05) is 51.8 Å². The minimum Gasteiger partial charge on any atom is -0.338 e. The molecule has 2 amide bonds. The first kappa shape index (κ1) is 16.8. The fraction of sp³-hybridized carbons (Fsp3) is 0.474. The van der Waals surface area contributed by atoms with Gasteiger partial charge in [0.05, 0.1) is 5.41 Å². The summed E-state index contributed by atoms with van der Waals surface area (Å²) < 4.78 is 1.59. The predicted octanol–water partition coefficient (Wildman–Crippen LogP) is 1.47. The summed E-state index contributed by atoms with van der Waals surface area (Å²) in [4.78, 5) is 33.8. The summed E-state index contributed by atoms with van der Waals surface area (Å²) in [6, 6.07) is 5.62. The van der Waals surface area contributed by atoms with E-state index in [2.05, 4.69) is 10.1 Å². The van der Waals surface area contributed by atoms with Gasteiger partial charge in [-0.15, -0.1) is 0 Å². The van der Waals surface area contributed by atoms with Crippen molar-refractivity contribution in [1.82, 2.24) is 24.6 Å². The van der Waals surface area contributed by atoms with Crippen molar-refractivity contribution in [3.63, 3.8) is 0 Å². The molecular formula is C19H23N5O2. The number of piperidine rings is 1. The molecule has 7 heteroatoms. The number of carbonyl (C=O) groups excluding carboxylic acids is 2. The molecule has 4 rings (SSSR count). The van der Waals surface area contributed by atoms with Crippen LogP contribution in [-0.4, -0.2) is 56.0 Å². The molecule has 2 fully saturated rings. The van der Waals surface area contributed by atoms with Crippen LogP contribution in [0, 0.1) is 5.41 Å². The summed E-state index contributed by atoms with van der Waals surface area (Å²) in [5.74, 6) is 0.140. The van der Waals surface area contributed by atoms with Gasteiger partial charge in [-0.05, 0) is 43.0 Å². The van der Waals surface area contributed by atoms with Crippen LogP contribution in [0.3, 0.4) is 0 Å². The highest BCUT2D eigenvalue weighted by molar-refractivity contribution is 5.93. The second-order valence-corrected chi connectivity index (χ2v) is 7.28. The van der Waals surface area contributed by atoms with Crippen molar-refractivity contribution < 1.29 is 9.59 Å². The van der Waals surface area contributed by atoms with E-state index in [-0.39, 0.29) is 11.8 Å². The van der Waals surface area contributed by atoms with Gasteiger partial charge in [-0.2, -0.15) is 5.10 Å². The molecule has 4 heterocycles. The molecule has 136 valence electrons. The molecule has 26 heavy (non-hydrogen) atoms. The Bertz CT molecular complexity index is 818. The third-order valence-electron chi connectivity index (χ3n) is 5.63. The Kier molecular flexibility index (Phi) is 4.22. The maximum absolute atomic E-state index is 13.2. The lowest BCUT2D eigenvalue weighted by molar-refractivity contribution is -0.138. The first-order valence-electron chi connectivity index (χ1n) is 9.05. The number of likely N-dealkylation sites (tertiary alicyclic amines) is 2. The number of aryl methyl sites for hydroxylation is 1. The third kappa shape index (κ3) is 2.87. The van der Waals surface area contributed by atoms with Crippen molar-refractivity contribution in [2.75, 3.05) is 19.6 Å². The summed E-state index contributed by atoms with van der Waals surface area (Å²) in [5.41, 5.74) is 1.23. The summed E-state index contributed by atoms with van der Waals surface area (Å²) in [5, 5.41) is 4.08. The summed E-state index contributed by atoms with van der Waals surface area (Å²) in [6.45, 7) is 2.56. The summed E-state index contributed by atoms with van der Waals surface area (Å²) >= 11 is 0. The molecule has 2 aromatic heterocycles. The normalized spacial score (nSPS) is 23.0. The third-order valence-corrected chi connectivity index (χ3v) is 5.63. The van der Waals surface area contributed by atoms with Crippen LogP contribution in [0.25, 0.3) is 0 Å². The van der Waals surface area contributed by atoms with Gasteiger partial charge < -0.3 is 9.80 Å². The van der Waals surface area contributed by atoms with Gasteiger partial charge >= 0.3 is 0 Å². The van der Waals surface area contributed by atoms with E-state index in [0.29, 0.717) is 25.3 Å². The lowest BCUT2D eigenvalue weighted by Crippen LogP contribution is -2.50. The Morgan fingerprint density at radius 1 is 1.15 bits per heavy atom. The maximum atomic E-state index is 13.2. The first-order chi connectivity index (χ1) is 12.6. The summed E-state index contributed by atoms with van der Waals surface area (Å²) in [7, 11) is 1.77. The van der Waals surface area contributed by atoms with Crippen molar-refractivity contribution in [3.05, 3.63) is 48.0 Å². The van der Waals surface area contributed by atoms with Crippen LogP contribution in [0.1, 0.15) is 35.3 Å². The van der Waals surface area contributed by atoms with E-state index >= 15 is 0 Å². The standard InChI is InChI=1S/C19H23N5O2/c1-22-16(5-10-21-22)17(25)24-11-2-6-19(14-24)7-12-23(18(19)26)13-15-3-8-20-9-4-15/h3-5,8-10H,2,6-7,11-14H2,1H3/t19-/m0/s1. The predicted molar refractivity (Wildman–Crippen MR) is 95.0 cm³/mol. The molecule has 0 radical (unpaired) electrons. The lowest BCUT2D eigenvalue weighted by Gasteiger charge is -2.39. The van der Waals surface area contributed by atoms with Crippen molar-refractivity contribution in [2.24, 2.45) is 12.5 Å². The van der Waals surface area contributed by atoms with Gasteiger partial charge in [0.1, 0.15) is 5.69 Å². The van der Waals surface area contributed by atoms with Crippen molar-refractivity contribution >= 4 is 11.8 Å². The number of rotatable bonds is 3. The number of amides is 2. The van der Waals surface area contributed by atoms with Crippen LogP contribution in [0.5, 0.6) is 0 Å². The minimum atomic E-state index is -0.431. The zero-order chi connectivity index (χ0) is 18.1. The van der Waals surface area contributed by atoms with Crippen LogP contribution in [0.4, 0.5) is 0 Å². The molecule has 0 aliphatic carbocycles.